The minimum absolute atomic E-state index is 0.233. The van der Waals surface area contributed by atoms with Crippen LogP contribution >= 0.6 is 0 Å². The van der Waals surface area contributed by atoms with Gasteiger partial charge in [-0.25, -0.2) is 0 Å². The molecule has 0 spiro atoms. The normalized spacial score (nSPS) is 11.4. The molecule has 2 aromatic rings. The van der Waals surface area contributed by atoms with E-state index in [0.29, 0.717) is 17.1 Å². The number of rotatable bonds is 8. The summed E-state index contributed by atoms with van der Waals surface area (Å²) < 4.78 is 15.1. The van der Waals surface area contributed by atoms with E-state index in [1.165, 1.54) is 7.11 Å². The van der Waals surface area contributed by atoms with Crippen molar-refractivity contribution in [2.75, 3.05) is 19.0 Å². The molecule has 1 aromatic carbocycles. The maximum absolute atomic E-state index is 12.2. The summed E-state index contributed by atoms with van der Waals surface area (Å²) >= 11 is 0. The molecule has 0 radical (unpaired) electrons. The molecule has 0 aliphatic rings. The Kier molecular flexibility index (Phi) is 6.93. The Morgan fingerprint density at radius 2 is 2.00 bits per heavy atom. The van der Waals surface area contributed by atoms with Gasteiger partial charge in [-0.3, -0.25) is 14.4 Å². The number of nitrogens with zero attached hydrogens (tertiary/aromatic N) is 1. The summed E-state index contributed by atoms with van der Waals surface area (Å²) in [6.07, 6.45) is -0.757. The highest BCUT2D eigenvalue weighted by molar-refractivity contribution is 5.99. The molecule has 1 aromatic heterocycles. The number of para-hydroxylation sites is 1. The highest BCUT2D eigenvalue weighted by Gasteiger charge is 2.22. The number of carbonyl (C=O) groups excluding carboxylic acids is 3. The van der Waals surface area contributed by atoms with E-state index in [1.54, 1.807) is 44.2 Å². The highest BCUT2D eigenvalue weighted by Crippen LogP contribution is 2.16. The number of amides is 2. The summed E-state index contributed by atoms with van der Waals surface area (Å²) in [6, 6.07) is 8.15. The SMILES string of the molecule is CCC(OC(=O)CNC(=O)c1ccccc1OC)C(=O)Nc1cc(C)on1. The predicted molar refractivity (Wildman–Crippen MR) is 95.4 cm³/mol. The number of ether oxygens (including phenoxy) is 2. The summed E-state index contributed by atoms with van der Waals surface area (Å²) in [5, 5.41) is 8.59. The molecule has 9 heteroatoms. The van der Waals surface area contributed by atoms with Crippen LogP contribution in [0.25, 0.3) is 0 Å². The Hall–Kier alpha value is -3.36. The molecule has 1 heterocycles. The van der Waals surface area contributed by atoms with Crippen molar-refractivity contribution in [3.8, 4) is 5.75 Å². The van der Waals surface area contributed by atoms with Crippen molar-refractivity contribution in [3.05, 3.63) is 41.7 Å². The summed E-state index contributed by atoms with van der Waals surface area (Å²) in [5.41, 5.74) is 0.291. The number of benzene rings is 1. The van der Waals surface area contributed by atoms with E-state index >= 15 is 0 Å². The van der Waals surface area contributed by atoms with Crippen LogP contribution in [0.4, 0.5) is 5.82 Å². The largest absolute Gasteiger partial charge is 0.496 e. The Morgan fingerprint density at radius 3 is 2.63 bits per heavy atom. The molecule has 0 aliphatic carbocycles. The third-order valence-electron chi connectivity index (χ3n) is 3.56. The van der Waals surface area contributed by atoms with Crippen molar-refractivity contribution in [2.24, 2.45) is 0 Å². The van der Waals surface area contributed by atoms with Crippen molar-refractivity contribution in [1.82, 2.24) is 10.5 Å². The van der Waals surface area contributed by atoms with Crippen LogP contribution in [0.5, 0.6) is 5.75 Å². The molecular weight excluding hydrogens is 354 g/mol. The van der Waals surface area contributed by atoms with E-state index in [-0.39, 0.29) is 18.8 Å². The van der Waals surface area contributed by atoms with Gasteiger partial charge in [0, 0.05) is 6.07 Å². The smallest absolute Gasteiger partial charge is 0.326 e. The number of methoxy groups -OCH3 is 1. The second kappa shape index (κ2) is 9.37. The van der Waals surface area contributed by atoms with E-state index in [2.05, 4.69) is 15.8 Å². The zero-order valence-corrected chi connectivity index (χ0v) is 15.3. The van der Waals surface area contributed by atoms with Gasteiger partial charge >= 0.3 is 5.97 Å². The van der Waals surface area contributed by atoms with Crippen LogP contribution in [0.2, 0.25) is 0 Å². The Labute approximate surface area is 156 Å². The summed E-state index contributed by atoms with van der Waals surface area (Å²) in [6.45, 7) is 2.99. The first kappa shape index (κ1) is 20.0. The van der Waals surface area contributed by atoms with Crippen LogP contribution in [-0.4, -0.2) is 42.7 Å². The molecule has 2 rings (SSSR count). The van der Waals surface area contributed by atoms with Gasteiger partial charge in [0.05, 0.1) is 12.7 Å². The van der Waals surface area contributed by atoms with E-state index in [1.807, 2.05) is 0 Å². The van der Waals surface area contributed by atoms with Crippen molar-refractivity contribution in [3.63, 3.8) is 0 Å². The lowest BCUT2D eigenvalue weighted by Crippen LogP contribution is -2.37. The lowest BCUT2D eigenvalue weighted by Gasteiger charge is -2.15. The van der Waals surface area contributed by atoms with Crippen LogP contribution in [-0.2, 0) is 14.3 Å². The van der Waals surface area contributed by atoms with Crippen molar-refractivity contribution >= 4 is 23.6 Å². The average Bonchev–Trinajstić information content (AvgIpc) is 3.08. The Balaban J connectivity index is 1.87. The Bertz CT molecular complexity index is 817. The van der Waals surface area contributed by atoms with Gasteiger partial charge in [0.25, 0.3) is 11.8 Å². The molecule has 0 bridgehead atoms. The number of aromatic nitrogens is 1. The number of esters is 1. The molecule has 144 valence electrons. The molecule has 0 aliphatic heterocycles. The first-order valence-electron chi connectivity index (χ1n) is 8.29. The van der Waals surface area contributed by atoms with Gasteiger partial charge in [0.15, 0.2) is 11.9 Å². The molecule has 1 unspecified atom stereocenters. The molecule has 1 atom stereocenters. The number of anilines is 1. The van der Waals surface area contributed by atoms with Crippen LogP contribution in [0.15, 0.2) is 34.9 Å². The van der Waals surface area contributed by atoms with Crippen LogP contribution < -0.4 is 15.4 Å². The highest BCUT2D eigenvalue weighted by atomic mass is 16.5. The molecule has 0 saturated heterocycles. The number of hydrogen-bond donors (Lipinski definition) is 2. The van der Waals surface area contributed by atoms with Gasteiger partial charge in [-0.05, 0) is 25.5 Å². The summed E-state index contributed by atoms with van der Waals surface area (Å²) in [5.74, 6) is -0.602. The number of hydrogen-bond acceptors (Lipinski definition) is 7. The van der Waals surface area contributed by atoms with Gasteiger partial charge in [0.2, 0.25) is 0 Å². The number of nitrogens with one attached hydrogen (secondary N) is 2. The number of aryl methyl sites for hydroxylation is 1. The fraction of sp³-hybridized carbons (Fsp3) is 0.333. The van der Waals surface area contributed by atoms with Gasteiger partial charge < -0.3 is 24.6 Å². The topological polar surface area (TPSA) is 120 Å². The van der Waals surface area contributed by atoms with Crippen molar-refractivity contribution in [1.29, 1.82) is 0 Å². The van der Waals surface area contributed by atoms with E-state index in [4.69, 9.17) is 14.0 Å². The van der Waals surface area contributed by atoms with Gasteiger partial charge in [-0.2, -0.15) is 0 Å². The zero-order valence-electron chi connectivity index (χ0n) is 15.3. The lowest BCUT2D eigenvalue weighted by molar-refractivity contribution is -0.153. The molecule has 9 nitrogen and oxygen atoms in total. The second-order valence-corrected chi connectivity index (χ2v) is 5.58. The maximum atomic E-state index is 12.2. The third-order valence-corrected chi connectivity index (χ3v) is 3.56. The zero-order chi connectivity index (χ0) is 19.8. The van der Waals surface area contributed by atoms with Crippen LogP contribution in [0, 0.1) is 6.92 Å². The molecule has 2 N–H and O–H groups in total. The third kappa shape index (κ3) is 5.56. The van der Waals surface area contributed by atoms with E-state index in [0.717, 1.165) is 0 Å². The Morgan fingerprint density at radius 1 is 1.26 bits per heavy atom. The molecule has 27 heavy (non-hydrogen) atoms. The van der Waals surface area contributed by atoms with E-state index < -0.39 is 23.9 Å². The summed E-state index contributed by atoms with van der Waals surface area (Å²) in [7, 11) is 1.45. The van der Waals surface area contributed by atoms with Crippen molar-refractivity contribution in [2.45, 2.75) is 26.4 Å². The molecular formula is C18H21N3O6. The van der Waals surface area contributed by atoms with E-state index in [9.17, 15) is 14.4 Å². The van der Waals surface area contributed by atoms with Gasteiger partial charge in [0.1, 0.15) is 18.1 Å². The molecule has 0 fully saturated rings. The fourth-order valence-corrected chi connectivity index (χ4v) is 2.23. The van der Waals surface area contributed by atoms with Crippen molar-refractivity contribution < 1.29 is 28.4 Å². The predicted octanol–water partition coefficient (Wildman–Crippen LogP) is 1.68. The lowest BCUT2D eigenvalue weighted by atomic mass is 10.2. The quantitative estimate of drug-likeness (QED) is 0.674. The summed E-state index contributed by atoms with van der Waals surface area (Å²) in [4.78, 5) is 36.3. The maximum Gasteiger partial charge on any atom is 0.326 e. The standard InChI is InChI=1S/C18H21N3O6/c1-4-13(18(24)20-15-9-11(2)27-21-15)26-16(22)10-19-17(23)12-7-5-6-8-14(12)25-3/h5-9,13H,4,10H2,1-3H3,(H,19,23)(H,20,21,24). The number of carbonyl (C=O) groups is 3. The van der Waals surface area contributed by atoms with Gasteiger partial charge in [-0.1, -0.05) is 24.2 Å². The average molecular weight is 375 g/mol. The second-order valence-electron chi connectivity index (χ2n) is 5.58. The van der Waals surface area contributed by atoms with Crippen LogP contribution in [0.3, 0.4) is 0 Å². The first-order valence-corrected chi connectivity index (χ1v) is 8.29. The van der Waals surface area contributed by atoms with Gasteiger partial charge in [-0.15, -0.1) is 0 Å². The monoisotopic (exact) mass is 375 g/mol. The van der Waals surface area contributed by atoms with Crippen LogP contribution in [0.1, 0.15) is 29.5 Å². The molecule has 0 saturated carbocycles. The minimum Gasteiger partial charge on any atom is -0.496 e. The molecule has 2 amide bonds. The minimum atomic E-state index is -1.02. The first-order chi connectivity index (χ1) is 12.9. The fourth-order valence-electron chi connectivity index (χ4n) is 2.23.